The van der Waals surface area contributed by atoms with E-state index in [4.69, 9.17) is 0 Å². The normalized spacial score (nSPS) is 12.0. The average molecular weight is 602 g/mol. The van der Waals surface area contributed by atoms with Crippen molar-refractivity contribution in [2.75, 3.05) is 10.8 Å². The van der Waals surface area contributed by atoms with E-state index in [1.54, 1.807) is 18.2 Å². The molecule has 4 aromatic rings. The molecule has 224 valence electrons. The number of hydrogen-bond acceptors (Lipinski definition) is 4. The van der Waals surface area contributed by atoms with E-state index in [0.29, 0.717) is 0 Å². The summed E-state index contributed by atoms with van der Waals surface area (Å²) in [5.74, 6) is -1.82. The Bertz CT molecular complexity index is 1630. The van der Waals surface area contributed by atoms with Crippen molar-refractivity contribution in [2.24, 2.45) is 0 Å². The van der Waals surface area contributed by atoms with Gasteiger partial charge in [-0.2, -0.15) is 0 Å². The van der Waals surface area contributed by atoms with Crippen molar-refractivity contribution >= 4 is 27.5 Å². The van der Waals surface area contributed by atoms with E-state index in [2.05, 4.69) is 5.32 Å². The van der Waals surface area contributed by atoms with Crippen molar-refractivity contribution in [1.29, 1.82) is 0 Å². The summed E-state index contributed by atoms with van der Waals surface area (Å²) in [5, 5.41) is 2.92. The lowest BCUT2D eigenvalue weighted by molar-refractivity contribution is -0.140. The highest BCUT2D eigenvalue weighted by atomic mass is 32.2. The number of nitrogens with one attached hydrogen (secondary N) is 1. The third kappa shape index (κ3) is 8.08. The molecule has 0 bridgehead atoms. The molecular formula is C34H36FN3O4S. The minimum atomic E-state index is -4.36. The summed E-state index contributed by atoms with van der Waals surface area (Å²) in [6.45, 7) is 4.93. The van der Waals surface area contributed by atoms with Crippen LogP contribution in [0.4, 0.5) is 10.1 Å². The fraction of sp³-hybridized carbons (Fsp3) is 0.235. The summed E-state index contributed by atoms with van der Waals surface area (Å²) in [4.78, 5) is 29.3. The van der Waals surface area contributed by atoms with Crippen LogP contribution in [0.2, 0.25) is 0 Å². The molecular weight excluding hydrogens is 565 g/mol. The number of aryl methyl sites for hydroxylation is 1. The topological polar surface area (TPSA) is 86.8 Å². The van der Waals surface area contributed by atoms with E-state index in [9.17, 15) is 18.0 Å². The lowest BCUT2D eigenvalue weighted by Crippen LogP contribution is -2.54. The van der Waals surface area contributed by atoms with E-state index >= 15 is 4.39 Å². The number of rotatable bonds is 12. The first kappa shape index (κ1) is 31.4. The van der Waals surface area contributed by atoms with Crippen molar-refractivity contribution in [1.82, 2.24) is 10.2 Å². The number of hydrogen-bond donors (Lipinski definition) is 1. The van der Waals surface area contributed by atoms with Crippen LogP contribution >= 0.6 is 0 Å². The molecule has 43 heavy (non-hydrogen) atoms. The summed E-state index contributed by atoms with van der Waals surface area (Å²) < 4.78 is 43.7. The smallest absolute Gasteiger partial charge is 0.264 e. The fourth-order valence-electron chi connectivity index (χ4n) is 4.71. The minimum absolute atomic E-state index is 0.0403. The zero-order valence-electron chi connectivity index (χ0n) is 24.5. The van der Waals surface area contributed by atoms with Gasteiger partial charge in [0, 0.05) is 19.0 Å². The van der Waals surface area contributed by atoms with Gasteiger partial charge < -0.3 is 10.2 Å². The Morgan fingerprint density at radius 3 is 1.98 bits per heavy atom. The molecule has 9 heteroatoms. The van der Waals surface area contributed by atoms with Crippen molar-refractivity contribution in [3.63, 3.8) is 0 Å². The summed E-state index contributed by atoms with van der Waals surface area (Å²) >= 11 is 0. The predicted molar refractivity (Wildman–Crippen MR) is 166 cm³/mol. The highest BCUT2D eigenvalue weighted by molar-refractivity contribution is 7.92. The first-order valence-electron chi connectivity index (χ1n) is 14.1. The third-order valence-electron chi connectivity index (χ3n) is 6.91. The highest BCUT2D eigenvalue weighted by Crippen LogP contribution is 2.27. The first-order valence-corrected chi connectivity index (χ1v) is 15.5. The van der Waals surface area contributed by atoms with Crippen LogP contribution in [0.5, 0.6) is 0 Å². The van der Waals surface area contributed by atoms with E-state index in [1.165, 1.54) is 35.2 Å². The largest absolute Gasteiger partial charge is 0.352 e. The summed E-state index contributed by atoms with van der Waals surface area (Å²) in [6, 6.07) is 28.7. The second-order valence-electron chi connectivity index (χ2n) is 10.7. The van der Waals surface area contributed by atoms with Crippen LogP contribution in [0.25, 0.3) is 0 Å². The summed E-state index contributed by atoms with van der Waals surface area (Å²) in [7, 11) is -4.36. The van der Waals surface area contributed by atoms with Crippen LogP contribution in [-0.4, -0.2) is 43.8 Å². The Morgan fingerprint density at radius 1 is 0.791 bits per heavy atom. The fourth-order valence-corrected chi connectivity index (χ4v) is 6.15. The van der Waals surface area contributed by atoms with Gasteiger partial charge in [-0.1, -0.05) is 90.5 Å². The van der Waals surface area contributed by atoms with Gasteiger partial charge in [0.1, 0.15) is 18.4 Å². The van der Waals surface area contributed by atoms with E-state index < -0.39 is 34.3 Å². The van der Waals surface area contributed by atoms with Gasteiger partial charge in [0.05, 0.1) is 10.6 Å². The molecule has 0 spiro atoms. The van der Waals surface area contributed by atoms with E-state index in [0.717, 1.165) is 27.1 Å². The number of halogens is 1. The summed E-state index contributed by atoms with van der Waals surface area (Å²) in [6.07, 6.45) is 0.197. The zero-order chi connectivity index (χ0) is 31.0. The van der Waals surface area contributed by atoms with Gasteiger partial charge in [0.2, 0.25) is 11.8 Å². The highest BCUT2D eigenvalue weighted by Gasteiger charge is 2.35. The average Bonchev–Trinajstić information content (AvgIpc) is 2.99. The molecule has 0 aliphatic heterocycles. The molecule has 0 heterocycles. The molecule has 0 fully saturated rings. The van der Waals surface area contributed by atoms with Crippen LogP contribution in [0.3, 0.4) is 0 Å². The van der Waals surface area contributed by atoms with Gasteiger partial charge in [-0.05, 0) is 56.2 Å². The van der Waals surface area contributed by atoms with Crippen molar-refractivity contribution in [2.45, 2.75) is 50.7 Å². The molecule has 4 rings (SSSR count). The van der Waals surface area contributed by atoms with Crippen LogP contribution in [0.1, 0.15) is 30.5 Å². The van der Waals surface area contributed by atoms with Crippen molar-refractivity contribution in [3.05, 3.63) is 132 Å². The number of nitrogens with zero attached hydrogens (tertiary/aromatic N) is 2. The second-order valence-corrected chi connectivity index (χ2v) is 12.5. The number of para-hydroxylation sites is 1. The van der Waals surface area contributed by atoms with Gasteiger partial charge in [-0.25, -0.2) is 12.8 Å². The van der Waals surface area contributed by atoms with Crippen LogP contribution in [-0.2, 0) is 32.6 Å². The molecule has 0 saturated carbocycles. The SMILES string of the molecule is Cc1ccc(CN(C(=O)CN(c2ccccc2F)S(=O)(=O)c2ccccc2)[C@@H](Cc2ccccc2)C(=O)NC(C)C)cc1. The number of carbonyl (C=O) groups is 2. The van der Waals surface area contributed by atoms with Gasteiger partial charge >= 0.3 is 0 Å². The molecule has 2 amide bonds. The number of benzene rings is 4. The Labute approximate surface area is 253 Å². The van der Waals surface area contributed by atoms with E-state index in [-0.39, 0.29) is 35.5 Å². The van der Waals surface area contributed by atoms with Gasteiger partial charge in [-0.3, -0.25) is 13.9 Å². The van der Waals surface area contributed by atoms with E-state index in [1.807, 2.05) is 75.4 Å². The summed E-state index contributed by atoms with van der Waals surface area (Å²) in [5.41, 5.74) is 2.36. The zero-order valence-corrected chi connectivity index (χ0v) is 25.3. The number of sulfonamides is 1. The molecule has 0 aromatic heterocycles. The van der Waals surface area contributed by atoms with Gasteiger partial charge in [0.25, 0.3) is 10.0 Å². The quantitative estimate of drug-likeness (QED) is 0.233. The Kier molecular flexibility index (Phi) is 10.3. The molecule has 4 aromatic carbocycles. The Balaban J connectivity index is 1.80. The Hall–Kier alpha value is -4.50. The van der Waals surface area contributed by atoms with Crippen LogP contribution in [0.15, 0.2) is 114 Å². The van der Waals surface area contributed by atoms with Crippen molar-refractivity contribution < 1.29 is 22.4 Å². The number of anilines is 1. The maximum Gasteiger partial charge on any atom is 0.264 e. The molecule has 1 N–H and O–H groups in total. The molecule has 0 saturated heterocycles. The van der Waals surface area contributed by atoms with Gasteiger partial charge in [-0.15, -0.1) is 0 Å². The number of carbonyl (C=O) groups excluding carboxylic acids is 2. The Morgan fingerprint density at radius 2 is 1.37 bits per heavy atom. The molecule has 7 nitrogen and oxygen atoms in total. The molecule has 0 radical (unpaired) electrons. The lowest BCUT2D eigenvalue weighted by atomic mass is 10.0. The molecule has 1 atom stereocenters. The third-order valence-corrected chi connectivity index (χ3v) is 8.68. The molecule has 0 aliphatic rings. The number of amides is 2. The molecule has 0 aliphatic carbocycles. The maximum absolute atomic E-state index is 15.1. The van der Waals surface area contributed by atoms with Crippen LogP contribution < -0.4 is 9.62 Å². The monoisotopic (exact) mass is 601 g/mol. The maximum atomic E-state index is 15.1. The standard InChI is InChI=1S/C34H36FN3O4S/c1-25(2)36-34(40)32(22-27-12-6-4-7-13-27)37(23-28-20-18-26(3)19-21-28)33(39)24-38(31-17-11-10-16-30(31)35)43(41,42)29-14-8-5-9-15-29/h4-21,25,32H,22-24H2,1-3H3,(H,36,40)/t32-/m0/s1. The second kappa shape index (κ2) is 14.1. The minimum Gasteiger partial charge on any atom is -0.352 e. The van der Waals surface area contributed by atoms with Crippen LogP contribution in [0, 0.1) is 12.7 Å². The lowest BCUT2D eigenvalue weighted by Gasteiger charge is -2.34. The molecule has 0 unspecified atom stereocenters. The predicted octanol–water partition coefficient (Wildman–Crippen LogP) is 5.49. The van der Waals surface area contributed by atoms with Gasteiger partial charge in [0.15, 0.2) is 0 Å². The van der Waals surface area contributed by atoms with Crippen molar-refractivity contribution in [3.8, 4) is 0 Å². The first-order chi connectivity index (χ1) is 20.6.